The summed E-state index contributed by atoms with van der Waals surface area (Å²) >= 11 is 0. The molecule has 2 rings (SSSR count). The summed E-state index contributed by atoms with van der Waals surface area (Å²) in [5.74, 6) is -0.789. The molecule has 1 aliphatic heterocycles. The van der Waals surface area contributed by atoms with Gasteiger partial charge < -0.3 is 4.90 Å². The lowest BCUT2D eigenvalue weighted by Crippen LogP contribution is -2.36. The summed E-state index contributed by atoms with van der Waals surface area (Å²) in [6.45, 7) is 2.48. The summed E-state index contributed by atoms with van der Waals surface area (Å²) < 4.78 is 51.2. The van der Waals surface area contributed by atoms with E-state index in [4.69, 9.17) is 0 Å². The van der Waals surface area contributed by atoms with Gasteiger partial charge in [-0.15, -0.1) is 0 Å². The molecule has 0 amide bonds. The van der Waals surface area contributed by atoms with Gasteiger partial charge in [0.05, 0.1) is 11.3 Å². The van der Waals surface area contributed by atoms with E-state index in [0.29, 0.717) is 32.0 Å². The molecule has 0 radical (unpaired) electrons. The third-order valence-electron chi connectivity index (χ3n) is 3.69. The van der Waals surface area contributed by atoms with Gasteiger partial charge in [0, 0.05) is 19.0 Å². The van der Waals surface area contributed by atoms with Crippen molar-refractivity contribution in [2.45, 2.75) is 25.9 Å². The summed E-state index contributed by atoms with van der Waals surface area (Å²) in [5.41, 5.74) is -0.822. The van der Waals surface area contributed by atoms with Gasteiger partial charge in [0.1, 0.15) is 11.6 Å². The number of piperidine rings is 1. The van der Waals surface area contributed by atoms with Crippen molar-refractivity contribution in [3.05, 3.63) is 29.6 Å². The average molecular weight is 289 g/mol. The van der Waals surface area contributed by atoms with Crippen LogP contribution in [0.25, 0.3) is 0 Å². The second kappa shape index (κ2) is 5.42. The van der Waals surface area contributed by atoms with Crippen LogP contribution in [0.2, 0.25) is 0 Å². The van der Waals surface area contributed by atoms with Gasteiger partial charge in [-0.1, -0.05) is 0 Å². The van der Waals surface area contributed by atoms with Gasteiger partial charge in [0.25, 0.3) is 0 Å². The first-order valence-electron chi connectivity index (χ1n) is 6.41. The third-order valence-corrected chi connectivity index (χ3v) is 3.69. The minimum Gasteiger partial charge on any atom is -0.369 e. The smallest absolute Gasteiger partial charge is 0.369 e. The fraction of sp³-hybridized carbons (Fsp3) is 0.500. The van der Waals surface area contributed by atoms with Crippen molar-refractivity contribution in [1.29, 1.82) is 0 Å². The van der Waals surface area contributed by atoms with Crippen LogP contribution in [0.1, 0.15) is 25.3 Å². The first-order chi connectivity index (χ1) is 9.29. The van der Waals surface area contributed by atoms with Gasteiger partial charge in [-0.25, -0.2) is 4.39 Å². The normalized spacial score (nSPS) is 17.4. The zero-order valence-corrected chi connectivity index (χ0v) is 11.0. The average Bonchev–Trinajstić information content (AvgIpc) is 2.37. The molecule has 1 aliphatic rings. The number of carbonyl (C=O) groups is 1. The first kappa shape index (κ1) is 14.8. The lowest BCUT2D eigenvalue weighted by molar-refractivity contribution is -0.137. The molecule has 110 valence electrons. The predicted octanol–water partition coefficient (Wildman–Crippen LogP) is 3.65. The van der Waals surface area contributed by atoms with Gasteiger partial charge in [-0.05, 0) is 38.0 Å². The van der Waals surface area contributed by atoms with Gasteiger partial charge in [0.15, 0.2) is 0 Å². The molecule has 0 N–H and O–H groups in total. The van der Waals surface area contributed by atoms with E-state index >= 15 is 0 Å². The maximum atomic E-state index is 13.8. The maximum absolute atomic E-state index is 13.8. The Labute approximate surface area is 114 Å². The number of nitrogens with zero attached hydrogens (tertiary/aromatic N) is 1. The molecule has 0 spiro atoms. The second-order valence-electron chi connectivity index (χ2n) is 5.04. The van der Waals surface area contributed by atoms with Crippen molar-refractivity contribution >= 4 is 11.5 Å². The molecule has 1 heterocycles. The zero-order chi connectivity index (χ0) is 14.9. The lowest BCUT2D eigenvalue weighted by Gasteiger charge is -2.32. The van der Waals surface area contributed by atoms with Crippen molar-refractivity contribution in [1.82, 2.24) is 0 Å². The molecular weight excluding hydrogens is 274 g/mol. The molecule has 0 bridgehead atoms. The highest BCUT2D eigenvalue weighted by Gasteiger charge is 2.32. The summed E-state index contributed by atoms with van der Waals surface area (Å²) in [7, 11) is 0. The van der Waals surface area contributed by atoms with Gasteiger partial charge >= 0.3 is 6.18 Å². The number of hydrogen-bond donors (Lipinski definition) is 0. The zero-order valence-electron chi connectivity index (χ0n) is 11.0. The fourth-order valence-electron chi connectivity index (χ4n) is 2.47. The second-order valence-corrected chi connectivity index (χ2v) is 5.04. The highest BCUT2D eigenvalue weighted by atomic mass is 19.4. The Morgan fingerprint density at radius 3 is 2.30 bits per heavy atom. The SMILES string of the molecule is CC(=O)C1CCN(c2ccc(C(F)(F)F)cc2F)CC1. The Kier molecular flexibility index (Phi) is 4.01. The molecule has 0 aromatic heterocycles. The van der Waals surface area contributed by atoms with Crippen LogP contribution < -0.4 is 4.90 Å². The van der Waals surface area contributed by atoms with Crippen LogP contribution in [0.5, 0.6) is 0 Å². The van der Waals surface area contributed by atoms with Crippen LogP contribution in [0.3, 0.4) is 0 Å². The number of ketones is 1. The molecule has 0 atom stereocenters. The van der Waals surface area contributed by atoms with E-state index in [1.54, 1.807) is 4.90 Å². The minimum absolute atomic E-state index is 0.0243. The molecule has 1 aromatic rings. The largest absolute Gasteiger partial charge is 0.416 e. The quantitative estimate of drug-likeness (QED) is 0.775. The molecule has 0 aliphatic carbocycles. The number of alkyl halides is 3. The van der Waals surface area contributed by atoms with Crippen molar-refractivity contribution in [3.8, 4) is 0 Å². The van der Waals surface area contributed by atoms with Gasteiger partial charge in [-0.3, -0.25) is 4.79 Å². The highest BCUT2D eigenvalue weighted by Crippen LogP contribution is 2.33. The van der Waals surface area contributed by atoms with E-state index in [-0.39, 0.29) is 17.4 Å². The molecule has 1 aromatic carbocycles. The number of rotatable bonds is 2. The number of hydrogen-bond acceptors (Lipinski definition) is 2. The van der Waals surface area contributed by atoms with Crippen LogP contribution in [0, 0.1) is 11.7 Å². The molecule has 0 saturated carbocycles. The van der Waals surface area contributed by atoms with E-state index in [1.807, 2.05) is 0 Å². The van der Waals surface area contributed by atoms with Gasteiger partial charge in [0.2, 0.25) is 0 Å². The van der Waals surface area contributed by atoms with Crippen LogP contribution in [0.15, 0.2) is 18.2 Å². The predicted molar refractivity (Wildman–Crippen MR) is 67.0 cm³/mol. The van der Waals surface area contributed by atoms with Crippen LogP contribution in [0.4, 0.5) is 23.2 Å². The molecular formula is C14H15F4NO. The van der Waals surface area contributed by atoms with Crippen molar-refractivity contribution < 1.29 is 22.4 Å². The molecule has 0 unspecified atom stereocenters. The minimum atomic E-state index is -4.54. The molecule has 1 saturated heterocycles. The van der Waals surface area contributed by atoms with Crippen molar-refractivity contribution in [3.63, 3.8) is 0 Å². The summed E-state index contributed by atoms with van der Waals surface area (Å²) in [5, 5.41) is 0. The van der Waals surface area contributed by atoms with E-state index in [9.17, 15) is 22.4 Å². The number of benzene rings is 1. The number of Topliss-reactive ketones (excluding diaryl/α,β-unsaturated/α-hetero) is 1. The topological polar surface area (TPSA) is 20.3 Å². The number of anilines is 1. The summed E-state index contributed by atoms with van der Waals surface area (Å²) in [6, 6.07) is 2.56. The summed E-state index contributed by atoms with van der Waals surface area (Å²) in [4.78, 5) is 12.9. The standard InChI is InChI=1S/C14H15F4NO/c1-9(20)10-4-6-19(7-5-10)13-3-2-11(8-12(13)15)14(16,17)18/h2-3,8,10H,4-7H2,1H3. The van der Waals surface area contributed by atoms with Crippen molar-refractivity contribution in [2.24, 2.45) is 5.92 Å². The Bertz CT molecular complexity index is 504. The Morgan fingerprint density at radius 2 is 1.85 bits per heavy atom. The fourth-order valence-corrected chi connectivity index (χ4v) is 2.47. The van der Waals surface area contributed by atoms with Crippen molar-refractivity contribution in [2.75, 3.05) is 18.0 Å². The first-order valence-corrected chi connectivity index (χ1v) is 6.41. The van der Waals surface area contributed by atoms with Crippen LogP contribution in [-0.2, 0) is 11.0 Å². The Morgan fingerprint density at radius 1 is 1.25 bits per heavy atom. The lowest BCUT2D eigenvalue weighted by atomic mass is 9.93. The monoisotopic (exact) mass is 289 g/mol. The van der Waals surface area contributed by atoms with Crippen LogP contribution in [-0.4, -0.2) is 18.9 Å². The maximum Gasteiger partial charge on any atom is 0.416 e. The van der Waals surface area contributed by atoms with Gasteiger partial charge in [-0.2, -0.15) is 13.2 Å². The molecule has 20 heavy (non-hydrogen) atoms. The third kappa shape index (κ3) is 3.11. The van der Waals surface area contributed by atoms with E-state index in [0.717, 1.165) is 12.1 Å². The van der Waals surface area contributed by atoms with E-state index < -0.39 is 17.6 Å². The van der Waals surface area contributed by atoms with E-state index in [2.05, 4.69) is 0 Å². The molecule has 1 fully saturated rings. The Balaban J connectivity index is 2.13. The van der Waals surface area contributed by atoms with Crippen LogP contribution >= 0.6 is 0 Å². The Hall–Kier alpha value is -1.59. The number of carbonyl (C=O) groups excluding carboxylic acids is 1. The summed E-state index contributed by atoms with van der Waals surface area (Å²) in [6.07, 6.45) is -3.33. The molecule has 2 nitrogen and oxygen atoms in total. The molecule has 6 heteroatoms. The number of halogens is 4. The van der Waals surface area contributed by atoms with E-state index in [1.165, 1.54) is 6.92 Å². The highest BCUT2D eigenvalue weighted by molar-refractivity contribution is 5.78.